The Kier molecular flexibility index (Phi) is 5.85. The minimum absolute atomic E-state index is 0.389. The largest absolute Gasteiger partial charge is 0.380 e. The lowest BCUT2D eigenvalue weighted by Crippen LogP contribution is -2.00. The Morgan fingerprint density at radius 1 is 1.43 bits per heavy atom. The molecule has 0 aliphatic heterocycles. The summed E-state index contributed by atoms with van der Waals surface area (Å²) in [7, 11) is 0. The minimum atomic E-state index is 0.389. The molecule has 0 spiro atoms. The Bertz CT molecular complexity index is 27.3. The van der Waals surface area contributed by atoms with E-state index in [0.29, 0.717) is 13.2 Å². The van der Waals surface area contributed by atoms with Gasteiger partial charge < -0.3 is 4.74 Å². The molecule has 0 aromatic heterocycles. The molecule has 1 N–H and O–H groups in total. The second-order valence-corrected chi connectivity index (χ2v) is 1.36. The van der Waals surface area contributed by atoms with Crippen LogP contribution in [0.2, 0.25) is 0 Å². The maximum atomic E-state index is 6.66. The van der Waals surface area contributed by atoms with Crippen LogP contribution in [0.3, 0.4) is 0 Å². The predicted octanol–water partition coefficient (Wildman–Crippen LogP) is 0.696. The fraction of sp³-hybridized carbons (Fsp3) is 1.00. The van der Waals surface area contributed by atoms with Crippen LogP contribution in [0, 0.1) is 0 Å². The van der Waals surface area contributed by atoms with Crippen molar-refractivity contribution in [2.24, 2.45) is 0 Å². The number of nitrogens with one attached hydrogen (secondary N) is 1. The Labute approximate surface area is 44.7 Å². The molecule has 0 aromatic carbocycles. The molecule has 7 heavy (non-hydrogen) atoms. The summed E-state index contributed by atoms with van der Waals surface area (Å²) in [6, 6.07) is 0. The summed E-state index contributed by atoms with van der Waals surface area (Å²) < 4.78 is 4.94. The quantitative estimate of drug-likeness (QED) is 0.481. The van der Waals surface area contributed by atoms with Crippen LogP contribution in [0.1, 0.15) is 13.3 Å². The highest BCUT2D eigenvalue weighted by Crippen LogP contribution is 1.76. The summed E-state index contributed by atoms with van der Waals surface area (Å²) in [6.45, 7) is 3.84. The minimum Gasteiger partial charge on any atom is -0.380 e. The van der Waals surface area contributed by atoms with Gasteiger partial charge in [-0.3, -0.25) is 5.73 Å². The van der Waals surface area contributed by atoms with E-state index in [4.69, 9.17) is 10.5 Å². The lowest BCUT2D eigenvalue weighted by atomic mass is 10.5. The first kappa shape index (κ1) is 6.92. The molecule has 0 unspecified atom stereocenters. The molecule has 2 heteroatoms. The molecular weight excluding hydrogens is 90.1 g/mol. The fourth-order valence-electron chi connectivity index (χ4n) is 0.319. The molecule has 43 valence electrons. The van der Waals surface area contributed by atoms with Crippen LogP contribution in [0.25, 0.3) is 0 Å². The van der Waals surface area contributed by atoms with Gasteiger partial charge in [0, 0.05) is 13.2 Å². The number of ether oxygens (including phenoxy) is 1. The lowest BCUT2D eigenvalue weighted by molar-refractivity contribution is 0.141. The molecule has 0 heterocycles. The van der Waals surface area contributed by atoms with E-state index < -0.39 is 0 Å². The van der Waals surface area contributed by atoms with E-state index in [1.54, 1.807) is 0 Å². The molecule has 0 saturated carbocycles. The van der Waals surface area contributed by atoms with Crippen molar-refractivity contribution in [1.29, 1.82) is 0 Å². The Hall–Kier alpha value is -0.0800. The van der Waals surface area contributed by atoms with Gasteiger partial charge in [0.25, 0.3) is 0 Å². The number of rotatable bonds is 4. The predicted molar refractivity (Wildman–Crippen MR) is 29.1 cm³/mol. The summed E-state index contributed by atoms with van der Waals surface area (Å²) in [4.78, 5) is 0. The normalized spacial score (nSPS) is 9.43. The molecule has 0 aliphatic rings. The molecule has 2 nitrogen and oxygen atoms in total. The summed E-state index contributed by atoms with van der Waals surface area (Å²) in [5.41, 5.74) is 6.66. The Morgan fingerprint density at radius 2 is 2.14 bits per heavy atom. The fourth-order valence-corrected chi connectivity index (χ4v) is 0.319. The van der Waals surface area contributed by atoms with Gasteiger partial charge in [0.15, 0.2) is 0 Å². The SMILES string of the molecule is CCCOCC[NH]. The van der Waals surface area contributed by atoms with Gasteiger partial charge in [0.05, 0.1) is 6.61 Å². The third-order valence-corrected chi connectivity index (χ3v) is 0.595. The standard InChI is InChI=1S/C5H12NO/c1-2-4-7-5-3-6/h6H,2-5H2,1H3. The summed E-state index contributed by atoms with van der Waals surface area (Å²) in [5, 5.41) is 0. The van der Waals surface area contributed by atoms with E-state index in [-0.39, 0.29) is 0 Å². The highest BCUT2D eigenvalue weighted by molar-refractivity contribution is 4.28. The third-order valence-electron chi connectivity index (χ3n) is 0.595. The van der Waals surface area contributed by atoms with Gasteiger partial charge in [-0.05, 0) is 6.42 Å². The highest BCUT2D eigenvalue weighted by Gasteiger charge is 1.78. The lowest BCUT2D eigenvalue weighted by Gasteiger charge is -1.95. The van der Waals surface area contributed by atoms with Crippen molar-refractivity contribution in [3.8, 4) is 0 Å². The van der Waals surface area contributed by atoms with Crippen molar-refractivity contribution in [2.75, 3.05) is 19.8 Å². The second kappa shape index (κ2) is 5.92. The average Bonchev–Trinajstić information content (AvgIpc) is 1.69. The topological polar surface area (TPSA) is 33.0 Å². The van der Waals surface area contributed by atoms with Crippen LogP contribution < -0.4 is 5.73 Å². The first-order valence-electron chi connectivity index (χ1n) is 2.64. The summed E-state index contributed by atoms with van der Waals surface area (Å²) >= 11 is 0. The molecule has 0 rings (SSSR count). The van der Waals surface area contributed by atoms with Gasteiger partial charge in [-0.15, -0.1) is 0 Å². The van der Waals surface area contributed by atoms with Gasteiger partial charge in [0.1, 0.15) is 0 Å². The van der Waals surface area contributed by atoms with Crippen LogP contribution in [0.5, 0.6) is 0 Å². The maximum Gasteiger partial charge on any atom is 0.0604 e. The molecule has 0 atom stereocenters. The smallest absolute Gasteiger partial charge is 0.0604 e. The molecule has 0 amide bonds. The van der Waals surface area contributed by atoms with E-state index in [2.05, 4.69) is 6.92 Å². The van der Waals surface area contributed by atoms with E-state index in [0.717, 1.165) is 13.0 Å². The van der Waals surface area contributed by atoms with Crippen molar-refractivity contribution in [1.82, 2.24) is 5.73 Å². The second-order valence-electron chi connectivity index (χ2n) is 1.36. The average molecular weight is 102 g/mol. The zero-order chi connectivity index (χ0) is 5.54. The van der Waals surface area contributed by atoms with Gasteiger partial charge >= 0.3 is 0 Å². The van der Waals surface area contributed by atoms with Crippen molar-refractivity contribution < 1.29 is 4.74 Å². The molecule has 1 radical (unpaired) electrons. The zero-order valence-electron chi connectivity index (χ0n) is 4.74. The van der Waals surface area contributed by atoms with Gasteiger partial charge in [-0.2, -0.15) is 0 Å². The molecule has 0 aliphatic carbocycles. The van der Waals surface area contributed by atoms with Gasteiger partial charge in [-0.1, -0.05) is 6.92 Å². The first-order chi connectivity index (χ1) is 3.41. The van der Waals surface area contributed by atoms with E-state index in [9.17, 15) is 0 Å². The summed E-state index contributed by atoms with van der Waals surface area (Å²) in [5.74, 6) is 0. The van der Waals surface area contributed by atoms with E-state index in [1.807, 2.05) is 0 Å². The van der Waals surface area contributed by atoms with Crippen LogP contribution in [0.4, 0.5) is 0 Å². The summed E-state index contributed by atoms with van der Waals surface area (Å²) in [6.07, 6.45) is 1.06. The van der Waals surface area contributed by atoms with Crippen LogP contribution in [-0.2, 0) is 4.74 Å². The maximum absolute atomic E-state index is 6.66. The number of hydrogen-bond acceptors (Lipinski definition) is 1. The van der Waals surface area contributed by atoms with E-state index in [1.165, 1.54) is 0 Å². The van der Waals surface area contributed by atoms with Crippen molar-refractivity contribution in [3.63, 3.8) is 0 Å². The zero-order valence-corrected chi connectivity index (χ0v) is 4.74. The van der Waals surface area contributed by atoms with E-state index >= 15 is 0 Å². The molecule has 0 saturated heterocycles. The van der Waals surface area contributed by atoms with Crippen molar-refractivity contribution in [3.05, 3.63) is 0 Å². The van der Waals surface area contributed by atoms with Crippen LogP contribution in [0.15, 0.2) is 0 Å². The van der Waals surface area contributed by atoms with Gasteiger partial charge in [-0.25, -0.2) is 0 Å². The van der Waals surface area contributed by atoms with Crippen molar-refractivity contribution >= 4 is 0 Å². The molecule has 0 bridgehead atoms. The van der Waals surface area contributed by atoms with Crippen LogP contribution in [-0.4, -0.2) is 19.8 Å². The molecular formula is C5H12NO. The Morgan fingerprint density at radius 3 is 2.57 bits per heavy atom. The monoisotopic (exact) mass is 102 g/mol. The number of hydrogen-bond donors (Lipinski definition) is 0. The Balaban J connectivity index is 2.45. The highest BCUT2D eigenvalue weighted by atomic mass is 16.5. The first-order valence-corrected chi connectivity index (χ1v) is 2.64. The van der Waals surface area contributed by atoms with Gasteiger partial charge in [0.2, 0.25) is 0 Å². The van der Waals surface area contributed by atoms with Crippen LogP contribution >= 0.6 is 0 Å². The van der Waals surface area contributed by atoms with Crippen molar-refractivity contribution in [2.45, 2.75) is 13.3 Å². The molecule has 0 fully saturated rings. The molecule has 0 aromatic rings. The third kappa shape index (κ3) is 5.92.